The minimum absolute atomic E-state index is 0.173. The Labute approximate surface area is 189 Å². The van der Waals surface area contributed by atoms with Gasteiger partial charge in [0.05, 0.1) is 24.4 Å². The van der Waals surface area contributed by atoms with E-state index in [1.54, 1.807) is 24.4 Å². The molecule has 170 valence electrons. The Kier molecular flexibility index (Phi) is 8.03. The summed E-state index contributed by atoms with van der Waals surface area (Å²) in [6.45, 7) is 5.25. The summed E-state index contributed by atoms with van der Waals surface area (Å²) in [6.07, 6.45) is 3.08. The summed E-state index contributed by atoms with van der Waals surface area (Å²) in [5.41, 5.74) is 0.420. The highest BCUT2D eigenvalue weighted by atomic mass is 35.5. The van der Waals surface area contributed by atoms with Gasteiger partial charge in [0.25, 0.3) is 5.91 Å². The third kappa shape index (κ3) is 6.20. The molecule has 0 saturated heterocycles. The molecule has 3 rings (SSSR count). The van der Waals surface area contributed by atoms with Crippen LogP contribution in [0.3, 0.4) is 0 Å². The first kappa shape index (κ1) is 23.1. The second-order valence-electron chi connectivity index (χ2n) is 6.41. The SMILES string of the molecule is CCOc1ccc(C(=O)NCCNC(=O)c2nc(Cn3cc(Cl)cn3)no2)cc1OCC. The zero-order valence-corrected chi connectivity index (χ0v) is 18.4. The molecule has 0 saturated carbocycles. The third-order valence-electron chi connectivity index (χ3n) is 4.07. The molecule has 0 aliphatic heterocycles. The molecule has 2 N–H and O–H groups in total. The van der Waals surface area contributed by atoms with Gasteiger partial charge in [0.2, 0.25) is 0 Å². The number of hydrogen-bond donors (Lipinski definition) is 2. The summed E-state index contributed by atoms with van der Waals surface area (Å²) < 4.78 is 17.5. The van der Waals surface area contributed by atoms with Crippen molar-refractivity contribution in [2.75, 3.05) is 26.3 Å². The molecule has 0 atom stereocenters. The Balaban J connectivity index is 1.46. The number of benzene rings is 1. The smallest absolute Gasteiger partial charge is 0.316 e. The highest BCUT2D eigenvalue weighted by Crippen LogP contribution is 2.28. The Morgan fingerprint density at radius 1 is 1.09 bits per heavy atom. The fourth-order valence-electron chi connectivity index (χ4n) is 2.70. The highest BCUT2D eigenvalue weighted by molar-refractivity contribution is 6.30. The fraction of sp³-hybridized carbons (Fsp3) is 0.350. The Hall–Kier alpha value is -3.60. The molecule has 3 aromatic rings. The second kappa shape index (κ2) is 11.1. The summed E-state index contributed by atoms with van der Waals surface area (Å²) in [7, 11) is 0. The van der Waals surface area contributed by atoms with Crippen molar-refractivity contribution in [1.82, 2.24) is 30.6 Å². The van der Waals surface area contributed by atoms with E-state index in [0.717, 1.165) is 0 Å². The molecule has 0 aliphatic carbocycles. The van der Waals surface area contributed by atoms with Crippen molar-refractivity contribution < 1.29 is 23.6 Å². The predicted octanol–water partition coefficient (Wildman–Crippen LogP) is 1.92. The standard InChI is InChI=1S/C20H23ClN6O5/c1-3-30-15-6-5-13(9-16(15)31-4-2)18(28)22-7-8-23-19(29)20-25-17(26-32-20)12-27-11-14(21)10-24-27/h5-6,9-11H,3-4,7-8,12H2,1-2H3,(H,22,28)(H,23,29). The largest absolute Gasteiger partial charge is 0.490 e. The van der Waals surface area contributed by atoms with E-state index >= 15 is 0 Å². The Bertz CT molecular complexity index is 1070. The molecule has 0 spiro atoms. The average Bonchev–Trinajstić information content (AvgIpc) is 3.41. The Morgan fingerprint density at radius 2 is 1.81 bits per heavy atom. The molecular formula is C20H23ClN6O5. The maximum absolute atomic E-state index is 12.4. The van der Waals surface area contributed by atoms with Gasteiger partial charge in [-0.2, -0.15) is 10.1 Å². The number of halogens is 1. The topological polar surface area (TPSA) is 133 Å². The highest BCUT2D eigenvalue weighted by Gasteiger charge is 2.16. The van der Waals surface area contributed by atoms with Gasteiger partial charge in [-0.05, 0) is 32.0 Å². The number of nitrogens with zero attached hydrogens (tertiary/aromatic N) is 4. The van der Waals surface area contributed by atoms with E-state index < -0.39 is 5.91 Å². The molecule has 11 nitrogen and oxygen atoms in total. The van der Waals surface area contributed by atoms with Crippen LogP contribution in [-0.2, 0) is 6.54 Å². The predicted molar refractivity (Wildman–Crippen MR) is 114 cm³/mol. The van der Waals surface area contributed by atoms with Gasteiger partial charge < -0.3 is 24.6 Å². The van der Waals surface area contributed by atoms with Crippen LogP contribution in [0.5, 0.6) is 11.5 Å². The van der Waals surface area contributed by atoms with E-state index in [1.165, 1.54) is 10.9 Å². The summed E-state index contributed by atoms with van der Waals surface area (Å²) in [5.74, 6) is 0.325. The van der Waals surface area contributed by atoms with E-state index in [9.17, 15) is 9.59 Å². The molecule has 32 heavy (non-hydrogen) atoms. The normalized spacial score (nSPS) is 10.6. The molecule has 2 aromatic heterocycles. The minimum atomic E-state index is -0.545. The van der Waals surface area contributed by atoms with Crippen LogP contribution in [0.25, 0.3) is 0 Å². The molecule has 2 heterocycles. The van der Waals surface area contributed by atoms with E-state index in [1.807, 2.05) is 13.8 Å². The lowest BCUT2D eigenvalue weighted by Gasteiger charge is -2.12. The molecule has 1 aromatic carbocycles. The molecule has 2 amide bonds. The van der Waals surface area contributed by atoms with Crippen LogP contribution in [-0.4, -0.2) is 58.0 Å². The van der Waals surface area contributed by atoms with Gasteiger partial charge in [0.1, 0.15) is 6.54 Å². The summed E-state index contributed by atoms with van der Waals surface area (Å²) >= 11 is 5.80. The van der Waals surface area contributed by atoms with E-state index in [0.29, 0.717) is 35.3 Å². The minimum Gasteiger partial charge on any atom is -0.490 e. The van der Waals surface area contributed by atoms with Crippen LogP contribution >= 0.6 is 11.6 Å². The maximum Gasteiger partial charge on any atom is 0.316 e. The van der Waals surface area contributed by atoms with Gasteiger partial charge in [-0.15, -0.1) is 0 Å². The number of carbonyl (C=O) groups is 2. The molecular weight excluding hydrogens is 440 g/mol. The van der Waals surface area contributed by atoms with Gasteiger partial charge >= 0.3 is 11.8 Å². The van der Waals surface area contributed by atoms with Gasteiger partial charge in [0.15, 0.2) is 17.3 Å². The van der Waals surface area contributed by atoms with Gasteiger partial charge in [-0.1, -0.05) is 16.8 Å². The average molecular weight is 463 g/mol. The second-order valence-corrected chi connectivity index (χ2v) is 6.85. The fourth-order valence-corrected chi connectivity index (χ4v) is 2.86. The van der Waals surface area contributed by atoms with Crippen LogP contribution < -0.4 is 20.1 Å². The molecule has 0 unspecified atom stereocenters. The molecule has 0 bridgehead atoms. The molecule has 0 aliphatic rings. The lowest BCUT2D eigenvalue weighted by Crippen LogP contribution is -2.34. The molecule has 0 radical (unpaired) electrons. The number of carbonyl (C=O) groups excluding carboxylic acids is 2. The van der Waals surface area contributed by atoms with E-state index in [-0.39, 0.29) is 37.3 Å². The number of hydrogen-bond acceptors (Lipinski definition) is 8. The van der Waals surface area contributed by atoms with Gasteiger partial charge in [0, 0.05) is 24.8 Å². The van der Waals surface area contributed by atoms with Crippen molar-refractivity contribution in [3.63, 3.8) is 0 Å². The first-order valence-corrected chi connectivity index (χ1v) is 10.3. The number of aromatic nitrogens is 4. The van der Waals surface area contributed by atoms with E-state index in [4.69, 9.17) is 25.6 Å². The van der Waals surface area contributed by atoms with Gasteiger partial charge in [-0.3, -0.25) is 14.3 Å². The zero-order chi connectivity index (χ0) is 22.9. The van der Waals surface area contributed by atoms with Crippen molar-refractivity contribution in [2.45, 2.75) is 20.4 Å². The summed E-state index contributed by atoms with van der Waals surface area (Å²) in [4.78, 5) is 28.6. The number of nitrogens with one attached hydrogen (secondary N) is 2. The van der Waals surface area contributed by atoms with Crippen molar-refractivity contribution in [3.8, 4) is 11.5 Å². The van der Waals surface area contributed by atoms with Crippen LogP contribution in [0.2, 0.25) is 5.02 Å². The zero-order valence-electron chi connectivity index (χ0n) is 17.6. The van der Waals surface area contributed by atoms with Crippen molar-refractivity contribution in [2.24, 2.45) is 0 Å². The maximum atomic E-state index is 12.4. The van der Waals surface area contributed by atoms with Crippen molar-refractivity contribution in [3.05, 3.63) is 52.9 Å². The summed E-state index contributed by atoms with van der Waals surface area (Å²) in [5, 5.41) is 13.6. The lowest BCUT2D eigenvalue weighted by molar-refractivity contribution is 0.0898. The van der Waals surface area contributed by atoms with Crippen molar-refractivity contribution >= 4 is 23.4 Å². The Morgan fingerprint density at radius 3 is 2.50 bits per heavy atom. The van der Waals surface area contributed by atoms with Crippen molar-refractivity contribution in [1.29, 1.82) is 0 Å². The monoisotopic (exact) mass is 462 g/mol. The number of rotatable bonds is 11. The van der Waals surface area contributed by atoms with Gasteiger partial charge in [-0.25, -0.2) is 0 Å². The first-order chi connectivity index (χ1) is 15.5. The van der Waals surface area contributed by atoms with Crippen LogP contribution in [0, 0.1) is 0 Å². The number of ether oxygens (including phenoxy) is 2. The molecule has 0 fully saturated rings. The van der Waals surface area contributed by atoms with Crippen LogP contribution in [0.15, 0.2) is 35.1 Å². The quantitative estimate of drug-likeness (QED) is 0.413. The first-order valence-electron chi connectivity index (χ1n) is 9.96. The van der Waals surface area contributed by atoms with E-state index in [2.05, 4.69) is 25.9 Å². The summed E-state index contributed by atoms with van der Waals surface area (Å²) in [6, 6.07) is 4.96. The molecule has 12 heteroatoms. The van der Waals surface area contributed by atoms with Crippen LogP contribution in [0.1, 0.15) is 40.7 Å². The lowest BCUT2D eigenvalue weighted by atomic mass is 10.2. The third-order valence-corrected chi connectivity index (χ3v) is 4.26. The number of amides is 2. The van der Waals surface area contributed by atoms with Crippen LogP contribution in [0.4, 0.5) is 0 Å².